The molecule has 2 heterocycles. The maximum Gasteiger partial charge on any atom is 0.233 e. The largest absolute Gasteiger partial charge is 0.339 e. The summed E-state index contributed by atoms with van der Waals surface area (Å²) in [6, 6.07) is 16.6. The zero-order valence-electron chi connectivity index (χ0n) is 17.4. The summed E-state index contributed by atoms with van der Waals surface area (Å²) in [6.07, 6.45) is 0. The van der Waals surface area contributed by atoms with Crippen LogP contribution in [-0.2, 0) is 11.3 Å². The van der Waals surface area contributed by atoms with E-state index in [1.807, 2.05) is 36.1 Å². The van der Waals surface area contributed by atoms with Crippen LogP contribution in [0.1, 0.15) is 16.7 Å². The van der Waals surface area contributed by atoms with Crippen LogP contribution in [0.5, 0.6) is 0 Å². The lowest BCUT2D eigenvalue weighted by atomic mass is 10.1. The minimum Gasteiger partial charge on any atom is -0.339 e. The third-order valence-corrected chi connectivity index (χ3v) is 6.13. The van der Waals surface area contributed by atoms with Crippen LogP contribution in [0.3, 0.4) is 0 Å². The standard InChI is InChI=1S/C22H26N6OS/c1-17-5-3-7-19(13-17)15-26-9-11-27(12-10-26)21(29)16-30-22-23-24-25-28(22)20-8-4-6-18(2)14-20/h3-8,13-14H,9-12,15-16H2,1-2H3. The van der Waals surface area contributed by atoms with Crippen molar-refractivity contribution < 1.29 is 4.79 Å². The average molecular weight is 423 g/mol. The van der Waals surface area contributed by atoms with E-state index in [1.165, 1.54) is 22.9 Å². The SMILES string of the molecule is Cc1cccc(CN2CCN(C(=O)CSc3nnnn3-c3cccc(C)c3)CC2)c1. The van der Waals surface area contributed by atoms with Gasteiger partial charge in [-0.05, 0) is 47.5 Å². The van der Waals surface area contributed by atoms with Crippen LogP contribution in [0.25, 0.3) is 5.69 Å². The van der Waals surface area contributed by atoms with Gasteiger partial charge in [-0.25, -0.2) is 0 Å². The third-order valence-electron chi connectivity index (χ3n) is 5.23. The Kier molecular flexibility index (Phi) is 6.44. The van der Waals surface area contributed by atoms with Gasteiger partial charge in [-0.1, -0.05) is 53.7 Å². The molecule has 8 heteroatoms. The Morgan fingerprint density at radius 2 is 1.73 bits per heavy atom. The smallest absolute Gasteiger partial charge is 0.233 e. The minimum atomic E-state index is 0.133. The van der Waals surface area contributed by atoms with Crippen molar-refractivity contribution in [2.24, 2.45) is 0 Å². The molecular weight excluding hydrogens is 396 g/mol. The van der Waals surface area contributed by atoms with Gasteiger partial charge >= 0.3 is 0 Å². The molecule has 1 fully saturated rings. The van der Waals surface area contributed by atoms with Crippen molar-refractivity contribution in [3.8, 4) is 5.69 Å². The van der Waals surface area contributed by atoms with E-state index in [4.69, 9.17) is 0 Å². The number of aryl methyl sites for hydroxylation is 2. The van der Waals surface area contributed by atoms with Crippen LogP contribution in [-0.4, -0.2) is 67.8 Å². The van der Waals surface area contributed by atoms with Crippen molar-refractivity contribution in [1.82, 2.24) is 30.0 Å². The monoisotopic (exact) mass is 422 g/mol. The van der Waals surface area contributed by atoms with Gasteiger partial charge in [0.2, 0.25) is 11.1 Å². The predicted molar refractivity (Wildman–Crippen MR) is 118 cm³/mol. The molecule has 2 aromatic carbocycles. The molecule has 0 unspecified atom stereocenters. The first-order valence-corrected chi connectivity index (χ1v) is 11.1. The van der Waals surface area contributed by atoms with Crippen molar-refractivity contribution >= 4 is 17.7 Å². The quantitative estimate of drug-likeness (QED) is 0.569. The Morgan fingerprint density at radius 1 is 1.00 bits per heavy atom. The molecule has 1 amide bonds. The summed E-state index contributed by atoms with van der Waals surface area (Å²) in [5.41, 5.74) is 4.65. The number of hydrogen-bond acceptors (Lipinski definition) is 6. The van der Waals surface area contributed by atoms with Gasteiger partial charge in [-0.2, -0.15) is 4.68 Å². The molecule has 1 aliphatic heterocycles. The number of piperazine rings is 1. The molecule has 156 valence electrons. The molecule has 1 saturated heterocycles. The Morgan fingerprint density at radius 3 is 2.47 bits per heavy atom. The second-order valence-corrected chi connectivity index (χ2v) is 8.59. The molecule has 7 nitrogen and oxygen atoms in total. The number of amides is 1. The fraction of sp³-hybridized carbons (Fsp3) is 0.364. The molecule has 0 aliphatic carbocycles. The number of benzene rings is 2. The first kappa shape index (κ1) is 20.6. The van der Waals surface area contributed by atoms with Crippen molar-refractivity contribution in [2.75, 3.05) is 31.9 Å². The molecule has 1 aromatic heterocycles. The van der Waals surface area contributed by atoms with Gasteiger partial charge in [0, 0.05) is 32.7 Å². The number of aromatic nitrogens is 4. The number of thioether (sulfide) groups is 1. The summed E-state index contributed by atoms with van der Waals surface area (Å²) in [4.78, 5) is 17.1. The molecule has 3 aromatic rings. The van der Waals surface area contributed by atoms with E-state index in [2.05, 4.69) is 51.6 Å². The molecule has 0 spiro atoms. The maximum atomic E-state index is 12.7. The second kappa shape index (κ2) is 9.40. The van der Waals surface area contributed by atoms with Crippen molar-refractivity contribution in [1.29, 1.82) is 0 Å². The van der Waals surface area contributed by atoms with E-state index in [9.17, 15) is 4.79 Å². The van der Waals surface area contributed by atoms with E-state index >= 15 is 0 Å². The summed E-state index contributed by atoms with van der Waals surface area (Å²) >= 11 is 1.38. The van der Waals surface area contributed by atoms with Crippen LogP contribution < -0.4 is 0 Å². The second-order valence-electron chi connectivity index (χ2n) is 7.65. The summed E-state index contributed by atoms with van der Waals surface area (Å²) in [5.74, 6) is 0.471. The highest BCUT2D eigenvalue weighted by molar-refractivity contribution is 7.99. The van der Waals surface area contributed by atoms with E-state index in [0.717, 1.165) is 44.0 Å². The summed E-state index contributed by atoms with van der Waals surface area (Å²) in [7, 11) is 0. The van der Waals surface area contributed by atoms with Gasteiger partial charge in [-0.15, -0.1) is 5.10 Å². The summed E-state index contributed by atoms with van der Waals surface area (Å²) in [6.45, 7) is 8.39. The lowest BCUT2D eigenvalue weighted by Gasteiger charge is -2.34. The molecule has 30 heavy (non-hydrogen) atoms. The van der Waals surface area contributed by atoms with Crippen LogP contribution in [0.4, 0.5) is 0 Å². The first-order chi connectivity index (χ1) is 14.6. The summed E-state index contributed by atoms with van der Waals surface area (Å²) in [5, 5.41) is 12.6. The molecule has 0 bridgehead atoms. The van der Waals surface area contributed by atoms with E-state index in [-0.39, 0.29) is 5.91 Å². The van der Waals surface area contributed by atoms with Crippen molar-refractivity contribution in [3.63, 3.8) is 0 Å². The van der Waals surface area contributed by atoms with E-state index < -0.39 is 0 Å². The van der Waals surface area contributed by atoms with Gasteiger partial charge in [0.05, 0.1) is 11.4 Å². The highest BCUT2D eigenvalue weighted by atomic mass is 32.2. The topological polar surface area (TPSA) is 67.2 Å². The van der Waals surface area contributed by atoms with Gasteiger partial charge < -0.3 is 4.90 Å². The Balaban J connectivity index is 1.28. The molecule has 1 aliphatic rings. The highest BCUT2D eigenvalue weighted by Gasteiger charge is 2.22. The zero-order chi connectivity index (χ0) is 20.9. The number of nitrogens with zero attached hydrogens (tertiary/aromatic N) is 6. The fourth-order valence-electron chi connectivity index (χ4n) is 3.63. The Bertz CT molecular complexity index is 1010. The lowest BCUT2D eigenvalue weighted by Crippen LogP contribution is -2.48. The molecule has 0 radical (unpaired) electrons. The van der Waals surface area contributed by atoms with Crippen LogP contribution in [0.15, 0.2) is 53.7 Å². The Hall–Kier alpha value is -2.71. The van der Waals surface area contributed by atoms with Gasteiger partial charge in [0.15, 0.2) is 0 Å². The molecule has 0 N–H and O–H groups in total. The highest BCUT2D eigenvalue weighted by Crippen LogP contribution is 2.20. The van der Waals surface area contributed by atoms with Gasteiger partial charge in [0.25, 0.3) is 0 Å². The van der Waals surface area contributed by atoms with Crippen LogP contribution in [0, 0.1) is 13.8 Å². The minimum absolute atomic E-state index is 0.133. The number of carbonyl (C=O) groups excluding carboxylic acids is 1. The molecule has 4 rings (SSSR count). The van der Waals surface area contributed by atoms with E-state index in [1.54, 1.807) is 4.68 Å². The third kappa shape index (κ3) is 5.06. The van der Waals surface area contributed by atoms with Gasteiger partial charge in [0.1, 0.15) is 0 Å². The molecular formula is C22H26N6OS. The van der Waals surface area contributed by atoms with Crippen LogP contribution >= 0.6 is 11.8 Å². The average Bonchev–Trinajstić information content (AvgIpc) is 3.21. The molecule has 0 atom stereocenters. The summed E-state index contributed by atoms with van der Waals surface area (Å²) < 4.78 is 1.69. The lowest BCUT2D eigenvalue weighted by molar-refractivity contribution is -0.130. The first-order valence-electron chi connectivity index (χ1n) is 10.1. The molecule has 0 saturated carbocycles. The zero-order valence-corrected chi connectivity index (χ0v) is 18.2. The normalized spacial score (nSPS) is 14.8. The van der Waals surface area contributed by atoms with Crippen molar-refractivity contribution in [2.45, 2.75) is 25.5 Å². The predicted octanol–water partition coefficient (Wildman–Crippen LogP) is 2.72. The van der Waals surface area contributed by atoms with Crippen molar-refractivity contribution in [3.05, 3.63) is 65.2 Å². The number of carbonyl (C=O) groups is 1. The Labute approximate surface area is 181 Å². The van der Waals surface area contributed by atoms with Crippen LogP contribution in [0.2, 0.25) is 0 Å². The van der Waals surface area contributed by atoms with E-state index in [0.29, 0.717) is 10.9 Å². The maximum absolute atomic E-state index is 12.7. The fourth-order valence-corrected chi connectivity index (χ4v) is 4.43. The number of tetrazole rings is 1. The van der Waals surface area contributed by atoms with Gasteiger partial charge in [-0.3, -0.25) is 9.69 Å². The number of rotatable bonds is 6. The number of hydrogen-bond donors (Lipinski definition) is 0.